The van der Waals surface area contributed by atoms with E-state index in [0.717, 1.165) is 26.3 Å². The lowest BCUT2D eigenvalue weighted by Gasteiger charge is -2.41. The second-order valence-corrected chi connectivity index (χ2v) is 3.77. The Balaban J connectivity index is 2.19. The molecule has 1 rings (SSSR count). The predicted molar refractivity (Wildman–Crippen MR) is 51.3 cm³/mol. The van der Waals surface area contributed by atoms with E-state index in [2.05, 4.69) is 19.2 Å². The van der Waals surface area contributed by atoms with Crippen LogP contribution in [-0.2, 0) is 4.74 Å². The van der Waals surface area contributed by atoms with E-state index < -0.39 is 0 Å². The van der Waals surface area contributed by atoms with E-state index >= 15 is 0 Å². The van der Waals surface area contributed by atoms with E-state index in [1.165, 1.54) is 19.3 Å². The molecular formula is C10H21NO. The highest BCUT2D eigenvalue weighted by atomic mass is 16.5. The zero-order chi connectivity index (χ0) is 8.86. The Labute approximate surface area is 75.7 Å². The van der Waals surface area contributed by atoms with Crippen LogP contribution in [0.25, 0.3) is 0 Å². The van der Waals surface area contributed by atoms with Crippen molar-refractivity contribution in [2.24, 2.45) is 5.41 Å². The summed E-state index contributed by atoms with van der Waals surface area (Å²) in [6.45, 7) is 8.26. The maximum atomic E-state index is 5.50. The van der Waals surface area contributed by atoms with Crippen molar-refractivity contribution in [2.75, 3.05) is 26.3 Å². The van der Waals surface area contributed by atoms with E-state index in [9.17, 15) is 0 Å². The molecule has 0 unspecified atom stereocenters. The zero-order valence-corrected chi connectivity index (χ0v) is 8.36. The van der Waals surface area contributed by atoms with Crippen molar-refractivity contribution in [1.82, 2.24) is 5.32 Å². The van der Waals surface area contributed by atoms with Gasteiger partial charge < -0.3 is 10.1 Å². The van der Waals surface area contributed by atoms with Crippen molar-refractivity contribution < 1.29 is 4.74 Å². The van der Waals surface area contributed by atoms with Crippen LogP contribution in [0.1, 0.15) is 33.1 Å². The third-order valence-electron chi connectivity index (χ3n) is 2.78. The maximum Gasteiger partial charge on any atom is 0.0534 e. The van der Waals surface area contributed by atoms with Crippen LogP contribution >= 0.6 is 0 Å². The second-order valence-electron chi connectivity index (χ2n) is 3.77. The molecule has 0 heterocycles. The van der Waals surface area contributed by atoms with E-state index in [4.69, 9.17) is 4.74 Å². The average Bonchev–Trinajstić information content (AvgIpc) is 2.02. The molecule has 1 saturated carbocycles. The summed E-state index contributed by atoms with van der Waals surface area (Å²) in [5.41, 5.74) is 0.492. The minimum atomic E-state index is 0.492. The van der Waals surface area contributed by atoms with E-state index in [1.54, 1.807) is 0 Å². The number of rotatable bonds is 6. The highest BCUT2D eigenvalue weighted by Gasteiger charge is 2.36. The first-order valence-electron chi connectivity index (χ1n) is 5.11. The van der Waals surface area contributed by atoms with Crippen LogP contribution in [-0.4, -0.2) is 26.3 Å². The Bertz CT molecular complexity index is 111. The van der Waals surface area contributed by atoms with Crippen molar-refractivity contribution >= 4 is 0 Å². The topological polar surface area (TPSA) is 21.3 Å². The molecule has 1 fully saturated rings. The molecule has 2 heteroatoms. The van der Waals surface area contributed by atoms with Crippen molar-refractivity contribution in [1.29, 1.82) is 0 Å². The van der Waals surface area contributed by atoms with Gasteiger partial charge in [0.25, 0.3) is 0 Å². The third-order valence-corrected chi connectivity index (χ3v) is 2.78. The smallest absolute Gasteiger partial charge is 0.0534 e. The lowest BCUT2D eigenvalue weighted by atomic mass is 9.69. The summed E-state index contributed by atoms with van der Waals surface area (Å²) in [6, 6.07) is 0. The molecular weight excluding hydrogens is 150 g/mol. The summed E-state index contributed by atoms with van der Waals surface area (Å²) >= 11 is 0. The summed E-state index contributed by atoms with van der Waals surface area (Å²) < 4.78 is 5.50. The van der Waals surface area contributed by atoms with Crippen molar-refractivity contribution in [3.05, 3.63) is 0 Å². The molecule has 0 aliphatic heterocycles. The van der Waals surface area contributed by atoms with E-state index in [-0.39, 0.29) is 0 Å². The fourth-order valence-corrected chi connectivity index (χ4v) is 1.76. The van der Waals surface area contributed by atoms with Crippen LogP contribution in [0.2, 0.25) is 0 Å². The van der Waals surface area contributed by atoms with Crippen LogP contribution in [0, 0.1) is 5.41 Å². The minimum Gasteiger partial charge on any atom is -0.381 e. The van der Waals surface area contributed by atoms with Crippen LogP contribution in [0.4, 0.5) is 0 Å². The van der Waals surface area contributed by atoms with Crippen LogP contribution < -0.4 is 5.32 Å². The molecule has 1 aliphatic rings. The summed E-state index contributed by atoms with van der Waals surface area (Å²) in [5.74, 6) is 0. The van der Waals surface area contributed by atoms with Gasteiger partial charge in [0, 0.05) is 18.6 Å². The van der Waals surface area contributed by atoms with Gasteiger partial charge in [-0.05, 0) is 26.3 Å². The molecule has 0 aromatic heterocycles. The first-order valence-corrected chi connectivity index (χ1v) is 5.11. The number of nitrogens with one attached hydrogen (secondary N) is 1. The van der Waals surface area contributed by atoms with Gasteiger partial charge in [-0.1, -0.05) is 13.3 Å². The maximum absolute atomic E-state index is 5.50. The summed E-state index contributed by atoms with van der Waals surface area (Å²) in [5, 5.41) is 3.42. The quantitative estimate of drug-likeness (QED) is 0.658. The molecule has 0 aromatic rings. The molecule has 0 atom stereocenters. The van der Waals surface area contributed by atoms with Gasteiger partial charge >= 0.3 is 0 Å². The standard InChI is InChI=1S/C10H21NO/c1-3-11-8-10(6-5-7-10)9-12-4-2/h11H,3-9H2,1-2H3. The highest BCUT2D eigenvalue weighted by molar-refractivity contribution is 4.89. The third kappa shape index (κ3) is 2.46. The lowest BCUT2D eigenvalue weighted by Crippen LogP contribution is -2.43. The monoisotopic (exact) mass is 171 g/mol. The van der Waals surface area contributed by atoms with Crippen LogP contribution in [0.3, 0.4) is 0 Å². The Morgan fingerprint density at radius 3 is 2.50 bits per heavy atom. The molecule has 72 valence electrons. The molecule has 0 spiro atoms. The van der Waals surface area contributed by atoms with Gasteiger partial charge in [-0.3, -0.25) is 0 Å². The normalized spacial score (nSPS) is 20.5. The molecule has 0 aromatic carbocycles. The number of ether oxygens (including phenoxy) is 1. The van der Waals surface area contributed by atoms with Crippen molar-refractivity contribution in [2.45, 2.75) is 33.1 Å². The Morgan fingerprint density at radius 1 is 1.33 bits per heavy atom. The van der Waals surface area contributed by atoms with Gasteiger partial charge in [-0.25, -0.2) is 0 Å². The van der Waals surface area contributed by atoms with Crippen molar-refractivity contribution in [3.63, 3.8) is 0 Å². The first kappa shape index (κ1) is 10.0. The van der Waals surface area contributed by atoms with E-state index in [1.807, 2.05) is 0 Å². The van der Waals surface area contributed by atoms with Gasteiger partial charge in [0.2, 0.25) is 0 Å². The Kier molecular flexibility index (Phi) is 4.02. The Morgan fingerprint density at radius 2 is 2.08 bits per heavy atom. The first-order chi connectivity index (χ1) is 5.83. The van der Waals surface area contributed by atoms with Gasteiger partial charge in [-0.2, -0.15) is 0 Å². The molecule has 0 radical (unpaired) electrons. The van der Waals surface area contributed by atoms with Gasteiger partial charge in [0.15, 0.2) is 0 Å². The molecule has 12 heavy (non-hydrogen) atoms. The molecule has 0 amide bonds. The van der Waals surface area contributed by atoms with Crippen molar-refractivity contribution in [3.8, 4) is 0 Å². The summed E-state index contributed by atoms with van der Waals surface area (Å²) in [7, 11) is 0. The molecule has 1 aliphatic carbocycles. The number of hydrogen-bond donors (Lipinski definition) is 1. The average molecular weight is 171 g/mol. The fraction of sp³-hybridized carbons (Fsp3) is 1.00. The zero-order valence-electron chi connectivity index (χ0n) is 8.36. The molecule has 0 saturated heterocycles. The highest BCUT2D eigenvalue weighted by Crippen LogP contribution is 2.40. The van der Waals surface area contributed by atoms with Crippen LogP contribution in [0.5, 0.6) is 0 Å². The summed E-state index contributed by atoms with van der Waals surface area (Å²) in [6.07, 6.45) is 4.08. The van der Waals surface area contributed by atoms with E-state index in [0.29, 0.717) is 5.41 Å². The summed E-state index contributed by atoms with van der Waals surface area (Å²) in [4.78, 5) is 0. The van der Waals surface area contributed by atoms with Gasteiger partial charge in [0.05, 0.1) is 6.61 Å². The lowest BCUT2D eigenvalue weighted by molar-refractivity contribution is -0.000401. The van der Waals surface area contributed by atoms with Gasteiger partial charge in [0.1, 0.15) is 0 Å². The number of hydrogen-bond acceptors (Lipinski definition) is 2. The second kappa shape index (κ2) is 4.83. The SMILES string of the molecule is CCNCC1(COCC)CCC1. The minimum absolute atomic E-state index is 0.492. The Hall–Kier alpha value is -0.0800. The predicted octanol–water partition coefficient (Wildman–Crippen LogP) is 1.80. The van der Waals surface area contributed by atoms with Gasteiger partial charge in [-0.15, -0.1) is 0 Å². The molecule has 2 nitrogen and oxygen atoms in total. The fourth-order valence-electron chi connectivity index (χ4n) is 1.76. The molecule has 0 bridgehead atoms. The van der Waals surface area contributed by atoms with Crippen LogP contribution in [0.15, 0.2) is 0 Å². The largest absolute Gasteiger partial charge is 0.381 e. The molecule has 1 N–H and O–H groups in total.